The van der Waals surface area contributed by atoms with Crippen LogP contribution in [-0.2, 0) is 4.74 Å². The van der Waals surface area contributed by atoms with Gasteiger partial charge >= 0.3 is 0 Å². The van der Waals surface area contributed by atoms with Crippen molar-refractivity contribution in [2.45, 2.75) is 11.9 Å². The topological polar surface area (TPSA) is 61.0 Å². The van der Waals surface area contributed by atoms with Crippen molar-refractivity contribution >= 4 is 17.7 Å². The van der Waals surface area contributed by atoms with Gasteiger partial charge in [-0.25, -0.2) is 9.97 Å². The maximum absolute atomic E-state index is 5.46. The van der Waals surface area contributed by atoms with Crippen LogP contribution in [0.4, 0.5) is 5.95 Å². The molecule has 0 saturated carbocycles. The van der Waals surface area contributed by atoms with E-state index in [2.05, 4.69) is 9.97 Å². The third-order valence-corrected chi connectivity index (χ3v) is 2.53. The summed E-state index contributed by atoms with van der Waals surface area (Å²) in [6.45, 7) is 2.68. The van der Waals surface area contributed by atoms with Gasteiger partial charge in [0, 0.05) is 19.1 Å². The molecule has 2 N–H and O–H groups in total. The Hall–Kier alpha value is -0.810. The molecule has 1 aromatic heterocycles. The average Bonchev–Trinajstić information content (AvgIpc) is 2.11. The maximum Gasteiger partial charge on any atom is 0.221 e. The summed E-state index contributed by atoms with van der Waals surface area (Å²) in [4.78, 5) is 8.01. The first-order valence-corrected chi connectivity index (χ1v) is 4.93. The first-order valence-electron chi connectivity index (χ1n) is 3.95. The van der Waals surface area contributed by atoms with E-state index in [4.69, 9.17) is 10.5 Å². The summed E-state index contributed by atoms with van der Waals surface area (Å²) in [7, 11) is 1.68. The van der Waals surface area contributed by atoms with E-state index in [1.807, 2.05) is 6.92 Å². The van der Waals surface area contributed by atoms with Gasteiger partial charge in [0.25, 0.3) is 0 Å². The Kier molecular flexibility index (Phi) is 3.98. The third kappa shape index (κ3) is 3.20. The molecule has 0 radical (unpaired) electrons. The van der Waals surface area contributed by atoms with Crippen molar-refractivity contribution in [3.63, 3.8) is 0 Å². The molecular weight excluding hydrogens is 186 g/mol. The van der Waals surface area contributed by atoms with Crippen LogP contribution in [0.2, 0.25) is 0 Å². The molecular formula is C8H13N3OS. The molecule has 0 amide bonds. The summed E-state index contributed by atoms with van der Waals surface area (Å²) in [6.07, 6.45) is 1.73. The quantitative estimate of drug-likeness (QED) is 0.447. The summed E-state index contributed by atoms with van der Waals surface area (Å²) in [5, 5.41) is 0.935. The molecule has 0 aromatic carbocycles. The van der Waals surface area contributed by atoms with Crippen LogP contribution in [0.3, 0.4) is 0 Å². The highest BCUT2D eigenvalue weighted by Crippen LogP contribution is 2.19. The molecule has 0 fully saturated rings. The summed E-state index contributed by atoms with van der Waals surface area (Å²) in [6, 6.07) is 0. The number of ether oxygens (including phenoxy) is 1. The summed E-state index contributed by atoms with van der Waals surface area (Å²) >= 11 is 1.63. The predicted octanol–water partition coefficient (Wildman–Crippen LogP) is 1.11. The third-order valence-electron chi connectivity index (χ3n) is 1.47. The average molecular weight is 199 g/mol. The number of nitrogens with zero attached hydrogens (tertiary/aromatic N) is 2. The zero-order valence-corrected chi connectivity index (χ0v) is 8.60. The predicted molar refractivity (Wildman–Crippen MR) is 53.8 cm³/mol. The van der Waals surface area contributed by atoms with Crippen LogP contribution >= 0.6 is 11.8 Å². The fourth-order valence-corrected chi connectivity index (χ4v) is 1.69. The Morgan fingerprint density at radius 1 is 1.62 bits per heavy atom. The lowest BCUT2D eigenvalue weighted by Crippen LogP contribution is -1.99. The molecule has 13 heavy (non-hydrogen) atoms. The van der Waals surface area contributed by atoms with E-state index in [0.29, 0.717) is 12.6 Å². The van der Waals surface area contributed by atoms with E-state index >= 15 is 0 Å². The van der Waals surface area contributed by atoms with E-state index in [9.17, 15) is 0 Å². The Labute approximate surface area is 81.9 Å². The SMILES string of the molecule is COCCSc1nc(N)ncc1C. The summed E-state index contributed by atoms with van der Waals surface area (Å²) in [5.74, 6) is 1.21. The van der Waals surface area contributed by atoms with E-state index < -0.39 is 0 Å². The molecule has 5 heteroatoms. The molecule has 1 aromatic rings. The molecule has 0 unspecified atom stereocenters. The molecule has 0 aliphatic carbocycles. The number of methoxy groups -OCH3 is 1. The number of aromatic nitrogens is 2. The zero-order valence-electron chi connectivity index (χ0n) is 7.78. The molecule has 1 heterocycles. The molecule has 0 spiro atoms. The van der Waals surface area contributed by atoms with Crippen LogP contribution < -0.4 is 5.73 Å². The van der Waals surface area contributed by atoms with E-state index in [-0.39, 0.29) is 0 Å². The molecule has 0 aliphatic heterocycles. The summed E-state index contributed by atoms with van der Waals surface area (Å²) < 4.78 is 4.94. The molecule has 72 valence electrons. The minimum atomic E-state index is 0.325. The number of nitrogen functional groups attached to an aromatic ring is 1. The van der Waals surface area contributed by atoms with Gasteiger partial charge in [0.2, 0.25) is 5.95 Å². The van der Waals surface area contributed by atoms with Crippen LogP contribution in [0, 0.1) is 6.92 Å². The maximum atomic E-state index is 5.46. The number of aryl methyl sites for hydroxylation is 1. The van der Waals surface area contributed by atoms with Gasteiger partial charge in [-0.3, -0.25) is 0 Å². The highest BCUT2D eigenvalue weighted by atomic mass is 32.2. The van der Waals surface area contributed by atoms with Gasteiger partial charge in [-0.15, -0.1) is 11.8 Å². The van der Waals surface area contributed by atoms with Crippen LogP contribution in [0.25, 0.3) is 0 Å². The first-order chi connectivity index (χ1) is 6.24. The minimum Gasteiger partial charge on any atom is -0.384 e. The second kappa shape index (κ2) is 5.04. The van der Waals surface area contributed by atoms with Crippen LogP contribution in [0.1, 0.15) is 5.56 Å². The zero-order chi connectivity index (χ0) is 9.68. The van der Waals surface area contributed by atoms with Gasteiger partial charge in [-0.05, 0) is 12.5 Å². The Morgan fingerprint density at radius 2 is 2.38 bits per heavy atom. The van der Waals surface area contributed by atoms with Gasteiger partial charge in [-0.2, -0.15) is 0 Å². The smallest absolute Gasteiger partial charge is 0.221 e. The van der Waals surface area contributed by atoms with Crippen molar-refractivity contribution in [3.8, 4) is 0 Å². The molecule has 0 bridgehead atoms. The Balaban J connectivity index is 2.59. The first kappa shape index (κ1) is 10.3. The number of thioether (sulfide) groups is 1. The van der Waals surface area contributed by atoms with Crippen molar-refractivity contribution in [1.29, 1.82) is 0 Å². The van der Waals surface area contributed by atoms with Crippen molar-refractivity contribution < 1.29 is 4.74 Å². The largest absolute Gasteiger partial charge is 0.384 e. The van der Waals surface area contributed by atoms with Crippen LogP contribution in [0.15, 0.2) is 11.2 Å². The molecule has 0 atom stereocenters. The standard InChI is InChI=1S/C8H13N3OS/c1-6-5-10-8(9)11-7(6)13-4-3-12-2/h5H,3-4H2,1-2H3,(H2,9,10,11). The van der Waals surface area contributed by atoms with E-state index in [1.165, 1.54) is 0 Å². The second-order valence-electron chi connectivity index (χ2n) is 2.56. The minimum absolute atomic E-state index is 0.325. The lowest BCUT2D eigenvalue weighted by Gasteiger charge is -2.03. The van der Waals surface area contributed by atoms with E-state index in [0.717, 1.165) is 16.3 Å². The van der Waals surface area contributed by atoms with Crippen molar-refractivity contribution in [3.05, 3.63) is 11.8 Å². The van der Waals surface area contributed by atoms with Crippen molar-refractivity contribution in [1.82, 2.24) is 9.97 Å². The number of anilines is 1. The van der Waals surface area contributed by atoms with E-state index in [1.54, 1.807) is 25.1 Å². The van der Waals surface area contributed by atoms with Crippen molar-refractivity contribution in [2.75, 3.05) is 25.2 Å². The van der Waals surface area contributed by atoms with Gasteiger partial charge in [0.15, 0.2) is 0 Å². The van der Waals surface area contributed by atoms with Gasteiger partial charge < -0.3 is 10.5 Å². The lowest BCUT2D eigenvalue weighted by atomic mass is 10.4. The Morgan fingerprint density at radius 3 is 3.08 bits per heavy atom. The fourth-order valence-electron chi connectivity index (χ4n) is 0.807. The Bertz CT molecular complexity index is 280. The normalized spacial score (nSPS) is 10.3. The number of hydrogen-bond donors (Lipinski definition) is 1. The molecule has 0 aliphatic rings. The van der Waals surface area contributed by atoms with Crippen LogP contribution in [-0.4, -0.2) is 29.4 Å². The highest BCUT2D eigenvalue weighted by molar-refractivity contribution is 7.99. The fraction of sp³-hybridized carbons (Fsp3) is 0.500. The van der Waals surface area contributed by atoms with Crippen LogP contribution in [0.5, 0.6) is 0 Å². The molecule has 1 rings (SSSR count). The molecule has 0 saturated heterocycles. The number of nitrogens with two attached hydrogens (primary N) is 1. The monoisotopic (exact) mass is 199 g/mol. The van der Waals surface area contributed by atoms with Gasteiger partial charge in [0.05, 0.1) is 6.61 Å². The summed E-state index contributed by atoms with van der Waals surface area (Å²) in [5.41, 5.74) is 6.52. The lowest BCUT2D eigenvalue weighted by molar-refractivity contribution is 0.218. The molecule has 4 nitrogen and oxygen atoms in total. The van der Waals surface area contributed by atoms with Gasteiger partial charge in [0.1, 0.15) is 5.03 Å². The highest BCUT2D eigenvalue weighted by Gasteiger charge is 2.01. The van der Waals surface area contributed by atoms with Gasteiger partial charge in [-0.1, -0.05) is 0 Å². The number of rotatable bonds is 4. The second-order valence-corrected chi connectivity index (χ2v) is 3.64. The number of hydrogen-bond acceptors (Lipinski definition) is 5. The van der Waals surface area contributed by atoms with Crippen molar-refractivity contribution in [2.24, 2.45) is 0 Å².